The van der Waals surface area contributed by atoms with Crippen LogP contribution in [0.5, 0.6) is 0 Å². The van der Waals surface area contributed by atoms with Crippen molar-refractivity contribution < 1.29 is 9.68 Å². The van der Waals surface area contributed by atoms with E-state index in [4.69, 9.17) is 9.68 Å². The highest BCUT2D eigenvalue weighted by Gasteiger charge is 2.53. The van der Waals surface area contributed by atoms with Gasteiger partial charge in [0.05, 0.1) is 12.2 Å². The van der Waals surface area contributed by atoms with Crippen LogP contribution in [0, 0.1) is 0 Å². The van der Waals surface area contributed by atoms with Crippen LogP contribution >= 0.6 is 0 Å². The molecule has 0 spiro atoms. The SMILES string of the molecule is CNC1CC(C)(C)N(OC2CCCCC2)C(C)(CCC2(C)CC(NC)CC(C)(C)N2OC2CCCCC2)C1. The number of piperidine rings is 2. The van der Waals surface area contributed by atoms with E-state index in [1.807, 2.05) is 0 Å². The van der Waals surface area contributed by atoms with Gasteiger partial charge >= 0.3 is 0 Å². The van der Waals surface area contributed by atoms with Gasteiger partial charge in [-0.15, -0.1) is 0 Å². The van der Waals surface area contributed by atoms with Gasteiger partial charge < -0.3 is 10.6 Å². The first-order valence-electron chi connectivity index (χ1n) is 16.2. The summed E-state index contributed by atoms with van der Waals surface area (Å²) < 4.78 is 0. The number of rotatable bonds is 9. The number of nitrogens with zero attached hydrogens (tertiary/aromatic N) is 2. The molecule has 4 fully saturated rings. The molecule has 4 atom stereocenters. The summed E-state index contributed by atoms with van der Waals surface area (Å²) in [7, 11) is 4.28. The van der Waals surface area contributed by atoms with Crippen molar-refractivity contribution in [2.75, 3.05) is 14.1 Å². The summed E-state index contributed by atoms with van der Waals surface area (Å²) >= 11 is 0. The Bertz CT molecular complexity index is 686. The maximum atomic E-state index is 7.01. The second-order valence-corrected chi connectivity index (χ2v) is 15.2. The Morgan fingerprint density at radius 3 is 1.21 bits per heavy atom. The molecule has 0 aromatic carbocycles. The minimum atomic E-state index is -0.0247. The smallest absolute Gasteiger partial charge is 0.0793 e. The van der Waals surface area contributed by atoms with Crippen LogP contribution in [0.3, 0.4) is 0 Å². The lowest BCUT2D eigenvalue weighted by Gasteiger charge is -2.59. The van der Waals surface area contributed by atoms with E-state index in [0.29, 0.717) is 24.3 Å². The minimum Gasteiger partial charge on any atom is -0.317 e. The van der Waals surface area contributed by atoms with E-state index in [0.717, 1.165) is 38.5 Å². The van der Waals surface area contributed by atoms with E-state index in [1.165, 1.54) is 64.2 Å². The van der Waals surface area contributed by atoms with Gasteiger partial charge in [-0.3, -0.25) is 9.68 Å². The van der Waals surface area contributed by atoms with E-state index in [2.05, 4.69) is 76.4 Å². The third-order valence-electron chi connectivity index (χ3n) is 10.6. The van der Waals surface area contributed by atoms with Crippen molar-refractivity contribution in [2.24, 2.45) is 0 Å². The summed E-state index contributed by atoms with van der Waals surface area (Å²) in [5.41, 5.74) is -0.0560. The first-order valence-corrected chi connectivity index (χ1v) is 16.2. The summed E-state index contributed by atoms with van der Waals surface area (Å²) in [6, 6.07) is 1.02. The van der Waals surface area contributed by atoms with Gasteiger partial charge in [-0.2, -0.15) is 10.1 Å². The molecule has 2 aliphatic carbocycles. The average molecular weight is 535 g/mol. The lowest BCUT2D eigenvalue weighted by Crippen LogP contribution is -2.67. The van der Waals surface area contributed by atoms with Crippen molar-refractivity contribution in [2.45, 2.75) is 191 Å². The number of nitrogens with one attached hydrogen (secondary N) is 2. The molecule has 2 N–H and O–H groups in total. The molecule has 4 aliphatic rings. The van der Waals surface area contributed by atoms with Gasteiger partial charge in [0.1, 0.15) is 0 Å². The van der Waals surface area contributed by atoms with Crippen LogP contribution in [0.15, 0.2) is 0 Å². The highest BCUT2D eigenvalue weighted by Crippen LogP contribution is 2.47. The van der Waals surface area contributed by atoms with E-state index < -0.39 is 0 Å². The number of hydrogen-bond acceptors (Lipinski definition) is 6. The zero-order valence-corrected chi connectivity index (χ0v) is 26.3. The van der Waals surface area contributed by atoms with Crippen LogP contribution in [0.1, 0.15) is 144 Å². The first kappa shape index (κ1) is 30.7. The monoisotopic (exact) mass is 534 g/mol. The number of hydroxylamine groups is 4. The Morgan fingerprint density at radius 2 is 0.895 bits per heavy atom. The Morgan fingerprint density at radius 1 is 0.553 bits per heavy atom. The van der Waals surface area contributed by atoms with Crippen molar-refractivity contribution in [3.63, 3.8) is 0 Å². The molecular weight excluding hydrogens is 472 g/mol. The molecule has 38 heavy (non-hydrogen) atoms. The molecule has 2 heterocycles. The summed E-state index contributed by atoms with van der Waals surface area (Å²) in [6.07, 6.45) is 20.2. The van der Waals surface area contributed by atoms with E-state index in [-0.39, 0.29) is 22.2 Å². The van der Waals surface area contributed by atoms with Gasteiger partial charge in [0.2, 0.25) is 0 Å². The Balaban J connectivity index is 1.57. The highest BCUT2D eigenvalue weighted by molar-refractivity contribution is 5.06. The summed E-state index contributed by atoms with van der Waals surface area (Å²) in [5.74, 6) is 0. The molecular formula is C32H62N4O2. The molecule has 2 saturated carbocycles. The second-order valence-electron chi connectivity index (χ2n) is 15.2. The zero-order valence-electron chi connectivity index (χ0n) is 26.3. The van der Waals surface area contributed by atoms with Gasteiger partial charge in [-0.25, -0.2) is 0 Å². The summed E-state index contributed by atoms with van der Waals surface area (Å²) in [4.78, 5) is 14.0. The first-order chi connectivity index (χ1) is 17.9. The molecule has 0 bridgehead atoms. The third-order valence-corrected chi connectivity index (χ3v) is 10.6. The fourth-order valence-electron chi connectivity index (χ4n) is 8.74. The number of hydrogen-bond donors (Lipinski definition) is 2. The highest BCUT2D eigenvalue weighted by atomic mass is 16.7. The predicted octanol–water partition coefficient (Wildman–Crippen LogP) is 6.74. The molecule has 4 rings (SSSR count). The van der Waals surface area contributed by atoms with Crippen molar-refractivity contribution in [1.29, 1.82) is 0 Å². The van der Waals surface area contributed by atoms with Crippen molar-refractivity contribution >= 4 is 0 Å². The van der Waals surface area contributed by atoms with E-state index in [9.17, 15) is 0 Å². The van der Waals surface area contributed by atoms with Gasteiger partial charge in [0, 0.05) is 34.2 Å². The van der Waals surface area contributed by atoms with Crippen LogP contribution in [0.25, 0.3) is 0 Å². The van der Waals surface area contributed by atoms with Gasteiger partial charge in [0.25, 0.3) is 0 Å². The molecule has 6 nitrogen and oxygen atoms in total. The normalized spacial score (nSPS) is 37.9. The van der Waals surface area contributed by atoms with Crippen LogP contribution in [0.4, 0.5) is 0 Å². The predicted molar refractivity (Wildman–Crippen MR) is 158 cm³/mol. The minimum absolute atomic E-state index is 0.00332. The molecule has 4 unspecified atom stereocenters. The Kier molecular flexibility index (Phi) is 9.96. The Labute approximate surface area is 235 Å². The maximum Gasteiger partial charge on any atom is 0.0793 e. The zero-order chi connectivity index (χ0) is 27.6. The topological polar surface area (TPSA) is 49.0 Å². The van der Waals surface area contributed by atoms with E-state index >= 15 is 0 Å². The molecule has 0 radical (unpaired) electrons. The molecule has 0 aromatic rings. The van der Waals surface area contributed by atoms with E-state index in [1.54, 1.807) is 0 Å². The molecule has 2 aliphatic heterocycles. The second kappa shape index (κ2) is 12.3. The molecule has 2 saturated heterocycles. The molecule has 0 aromatic heterocycles. The average Bonchev–Trinajstić information content (AvgIpc) is 2.88. The lowest BCUT2D eigenvalue weighted by atomic mass is 9.71. The van der Waals surface area contributed by atoms with Crippen LogP contribution < -0.4 is 10.6 Å². The van der Waals surface area contributed by atoms with Crippen molar-refractivity contribution in [1.82, 2.24) is 20.8 Å². The van der Waals surface area contributed by atoms with Gasteiger partial charge in [0.15, 0.2) is 0 Å². The van der Waals surface area contributed by atoms with Gasteiger partial charge in [-0.1, -0.05) is 38.5 Å². The van der Waals surface area contributed by atoms with Gasteiger partial charge in [-0.05, 0) is 120 Å². The maximum absolute atomic E-state index is 7.01. The molecule has 6 heteroatoms. The standard InChI is InChI=1S/C32H62N4O2/c1-29(2)21-25(33-7)23-31(5,35(29)37-27-15-11-9-12-16-27)19-20-32(6)24-26(34-8)22-30(3,4)36(32)38-28-17-13-10-14-18-28/h25-28,33-34H,9-24H2,1-8H3. The van der Waals surface area contributed by atoms with Crippen molar-refractivity contribution in [3.8, 4) is 0 Å². The van der Waals surface area contributed by atoms with Crippen LogP contribution in [-0.2, 0) is 9.68 Å². The van der Waals surface area contributed by atoms with Crippen molar-refractivity contribution in [3.05, 3.63) is 0 Å². The molecule has 0 amide bonds. The fraction of sp³-hybridized carbons (Fsp3) is 1.00. The largest absolute Gasteiger partial charge is 0.317 e. The van der Waals surface area contributed by atoms with Crippen LogP contribution in [0.2, 0.25) is 0 Å². The fourth-order valence-corrected chi connectivity index (χ4v) is 8.74. The molecule has 222 valence electrons. The quantitative estimate of drug-likeness (QED) is 0.342. The Hall–Kier alpha value is -0.240. The third kappa shape index (κ3) is 6.97. The summed E-state index contributed by atoms with van der Waals surface area (Å²) in [6.45, 7) is 14.6. The lowest BCUT2D eigenvalue weighted by molar-refractivity contribution is -0.329. The van der Waals surface area contributed by atoms with Crippen LogP contribution in [-0.4, -0.2) is 70.7 Å². The summed E-state index contributed by atoms with van der Waals surface area (Å²) in [5, 5.41) is 12.3.